The first-order valence-corrected chi connectivity index (χ1v) is 5.69. The lowest BCUT2D eigenvalue weighted by Crippen LogP contribution is -2.10. The smallest absolute Gasteiger partial charge is 0.0736 e. The summed E-state index contributed by atoms with van der Waals surface area (Å²) in [5.41, 5.74) is 8.21. The molecule has 2 aliphatic rings. The Morgan fingerprint density at radius 1 is 1.21 bits per heavy atom. The van der Waals surface area contributed by atoms with Crippen molar-refractivity contribution in [2.45, 2.75) is 50.5 Å². The van der Waals surface area contributed by atoms with Crippen molar-refractivity contribution in [3.05, 3.63) is 11.9 Å². The van der Waals surface area contributed by atoms with Crippen LogP contribution in [0.25, 0.3) is 0 Å². The van der Waals surface area contributed by atoms with Gasteiger partial charge < -0.3 is 5.73 Å². The highest BCUT2D eigenvalue weighted by Crippen LogP contribution is 2.44. The SMILES string of the molecule is Nc1cnn(C2CCCC2)c1C1CC1. The molecule has 2 N–H and O–H groups in total. The first-order chi connectivity index (χ1) is 6.86. The number of nitrogens with two attached hydrogens (primary N) is 1. The molecule has 1 heterocycles. The lowest BCUT2D eigenvalue weighted by Gasteiger charge is -2.14. The van der Waals surface area contributed by atoms with Crippen LogP contribution in [0.4, 0.5) is 5.69 Å². The van der Waals surface area contributed by atoms with Gasteiger partial charge in [0.25, 0.3) is 0 Å². The van der Waals surface area contributed by atoms with Crippen LogP contribution in [0.3, 0.4) is 0 Å². The molecule has 1 aromatic heterocycles. The van der Waals surface area contributed by atoms with Crippen LogP contribution in [-0.2, 0) is 0 Å². The maximum Gasteiger partial charge on any atom is 0.0736 e. The molecule has 0 radical (unpaired) electrons. The Hall–Kier alpha value is -0.990. The summed E-state index contributed by atoms with van der Waals surface area (Å²) in [5, 5.41) is 4.45. The number of hydrogen-bond donors (Lipinski definition) is 1. The molecule has 0 aliphatic heterocycles. The summed E-state index contributed by atoms with van der Waals surface area (Å²) in [7, 11) is 0. The van der Waals surface area contributed by atoms with Gasteiger partial charge in [-0.05, 0) is 25.7 Å². The van der Waals surface area contributed by atoms with Gasteiger partial charge in [-0.2, -0.15) is 5.10 Å². The second-order valence-corrected chi connectivity index (χ2v) is 4.64. The van der Waals surface area contributed by atoms with Crippen molar-refractivity contribution in [1.82, 2.24) is 9.78 Å². The van der Waals surface area contributed by atoms with Crippen molar-refractivity contribution in [2.24, 2.45) is 0 Å². The fraction of sp³-hybridized carbons (Fsp3) is 0.727. The van der Waals surface area contributed by atoms with Gasteiger partial charge in [-0.15, -0.1) is 0 Å². The van der Waals surface area contributed by atoms with Gasteiger partial charge in [0.1, 0.15) is 0 Å². The van der Waals surface area contributed by atoms with E-state index in [0.29, 0.717) is 6.04 Å². The minimum Gasteiger partial charge on any atom is -0.396 e. The Balaban J connectivity index is 1.95. The molecule has 2 aliphatic carbocycles. The standard InChI is InChI=1S/C11H17N3/c12-10-7-13-14(9-3-1-2-4-9)11(10)8-5-6-8/h7-9H,1-6,12H2. The predicted octanol–water partition coefficient (Wildman–Crippen LogP) is 2.46. The molecule has 14 heavy (non-hydrogen) atoms. The molecule has 0 aromatic carbocycles. The third-order valence-electron chi connectivity index (χ3n) is 3.50. The zero-order valence-electron chi connectivity index (χ0n) is 8.45. The molecule has 1 aromatic rings. The molecular weight excluding hydrogens is 174 g/mol. The molecular formula is C11H17N3. The zero-order valence-corrected chi connectivity index (χ0v) is 8.45. The van der Waals surface area contributed by atoms with E-state index in [4.69, 9.17) is 5.73 Å². The molecule has 0 spiro atoms. The number of rotatable bonds is 2. The molecule has 3 nitrogen and oxygen atoms in total. The molecule has 2 fully saturated rings. The predicted molar refractivity (Wildman–Crippen MR) is 56.1 cm³/mol. The molecule has 0 unspecified atom stereocenters. The van der Waals surface area contributed by atoms with Gasteiger partial charge in [-0.3, -0.25) is 4.68 Å². The van der Waals surface area contributed by atoms with Crippen LogP contribution < -0.4 is 5.73 Å². The first-order valence-electron chi connectivity index (χ1n) is 5.69. The summed E-state index contributed by atoms with van der Waals surface area (Å²) in [5.74, 6) is 0.720. The van der Waals surface area contributed by atoms with Gasteiger partial charge in [0.15, 0.2) is 0 Å². The number of aromatic nitrogens is 2. The fourth-order valence-corrected chi connectivity index (χ4v) is 2.60. The van der Waals surface area contributed by atoms with Gasteiger partial charge in [0.05, 0.1) is 23.6 Å². The van der Waals surface area contributed by atoms with Crippen molar-refractivity contribution in [3.63, 3.8) is 0 Å². The topological polar surface area (TPSA) is 43.8 Å². The molecule has 0 saturated heterocycles. The fourth-order valence-electron chi connectivity index (χ4n) is 2.60. The minimum absolute atomic E-state index is 0.642. The lowest BCUT2D eigenvalue weighted by atomic mass is 10.2. The van der Waals surface area contributed by atoms with E-state index >= 15 is 0 Å². The summed E-state index contributed by atoms with van der Waals surface area (Å²) < 4.78 is 2.22. The van der Waals surface area contributed by atoms with Gasteiger partial charge >= 0.3 is 0 Å². The maximum atomic E-state index is 5.97. The number of nitrogen functional groups attached to an aromatic ring is 1. The van der Waals surface area contributed by atoms with Gasteiger partial charge in [-0.25, -0.2) is 0 Å². The van der Waals surface area contributed by atoms with Crippen LogP contribution in [0.1, 0.15) is 56.2 Å². The van der Waals surface area contributed by atoms with Crippen LogP contribution in [0, 0.1) is 0 Å². The summed E-state index contributed by atoms with van der Waals surface area (Å²) >= 11 is 0. The average molecular weight is 191 g/mol. The monoisotopic (exact) mass is 191 g/mol. The van der Waals surface area contributed by atoms with Crippen molar-refractivity contribution < 1.29 is 0 Å². The van der Waals surface area contributed by atoms with Crippen LogP contribution in [0.2, 0.25) is 0 Å². The van der Waals surface area contributed by atoms with E-state index in [9.17, 15) is 0 Å². The lowest BCUT2D eigenvalue weighted by molar-refractivity contribution is 0.450. The van der Waals surface area contributed by atoms with Gasteiger partial charge in [0, 0.05) is 5.92 Å². The highest BCUT2D eigenvalue weighted by Gasteiger charge is 2.32. The second-order valence-electron chi connectivity index (χ2n) is 4.64. The third kappa shape index (κ3) is 1.22. The van der Waals surface area contributed by atoms with Crippen molar-refractivity contribution in [1.29, 1.82) is 0 Å². The van der Waals surface area contributed by atoms with E-state index in [-0.39, 0.29) is 0 Å². The van der Waals surface area contributed by atoms with Crippen LogP contribution >= 0.6 is 0 Å². The second kappa shape index (κ2) is 3.01. The summed E-state index contributed by atoms with van der Waals surface area (Å²) in [6.45, 7) is 0. The van der Waals surface area contributed by atoms with Gasteiger partial charge in [-0.1, -0.05) is 12.8 Å². The molecule has 2 saturated carbocycles. The molecule has 0 amide bonds. The Morgan fingerprint density at radius 2 is 1.93 bits per heavy atom. The first kappa shape index (κ1) is 8.33. The summed E-state index contributed by atoms with van der Waals surface area (Å²) in [4.78, 5) is 0. The van der Waals surface area contributed by atoms with Crippen LogP contribution in [0.5, 0.6) is 0 Å². The molecule has 76 valence electrons. The van der Waals surface area contributed by atoms with Crippen molar-refractivity contribution in [2.75, 3.05) is 5.73 Å². The van der Waals surface area contributed by atoms with E-state index in [2.05, 4.69) is 9.78 Å². The molecule has 0 atom stereocenters. The van der Waals surface area contributed by atoms with Crippen LogP contribution in [-0.4, -0.2) is 9.78 Å². The van der Waals surface area contributed by atoms with E-state index in [1.807, 2.05) is 6.20 Å². The third-order valence-corrected chi connectivity index (χ3v) is 3.50. The van der Waals surface area contributed by atoms with Crippen molar-refractivity contribution >= 4 is 5.69 Å². The number of anilines is 1. The molecule has 0 bridgehead atoms. The van der Waals surface area contributed by atoms with E-state index in [0.717, 1.165) is 11.6 Å². The normalized spacial score (nSPS) is 23.1. The summed E-state index contributed by atoms with van der Waals surface area (Å²) in [6, 6.07) is 0.642. The number of nitrogens with zero attached hydrogens (tertiary/aromatic N) is 2. The number of hydrogen-bond acceptors (Lipinski definition) is 2. The molecule has 3 heteroatoms. The van der Waals surface area contributed by atoms with Crippen LogP contribution in [0.15, 0.2) is 6.20 Å². The van der Waals surface area contributed by atoms with Gasteiger partial charge in [0.2, 0.25) is 0 Å². The minimum atomic E-state index is 0.642. The Labute approximate surface area is 84.3 Å². The van der Waals surface area contributed by atoms with E-state index in [1.54, 1.807) is 0 Å². The molecule has 3 rings (SSSR count). The largest absolute Gasteiger partial charge is 0.396 e. The maximum absolute atomic E-state index is 5.97. The average Bonchev–Trinajstić information content (AvgIpc) is 2.75. The quantitative estimate of drug-likeness (QED) is 0.780. The van der Waals surface area contributed by atoms with Crippen molar-refractivity contribution in [3.8, 4) is 0 Å². The summed E-state index contributed by atoms with van der Waals surface area (Å²) in [6.07, 6.45) is 9.75. The zero-order chi connectivity index (χ0) is 9.54. The Bertz CT molecular complexity index is 332. The highest BCUT2D eigenvalue weighted by atomic mass is 15.3. The highest BCUT2D eigenvalue weighted by molar-refractivity contribution is 5.45. The van der Waals surface area contributed by atoms with E-state index < -0.39 is 0 Å². The Morgan fingerprint density at radius 3 is 2.57 bits per heavy atom. The Kier molecular flexibility index (Phi) is 1.79. The van der Waals surface area contributed by atoms with E-state index in [1.165, 1.54) is 44.2 Å².